The zero-order valence-electron chi connectivity index (χ0n) is 15.1. The molecule has 26 heavy (non-hydrogen) atoms. The Bertz CT molecular complexity index is 700. The highest BCUT2D eigenvalue weighted by molar-refractivity contribution is 9.10. The summed E-state index contributed by atoms with van der Waals surface area (Å²) in [7, 11) is 0. The monoisotopic (exact) mass is 416 g/mol. The standard InChI is InChI=1S/C20H25BrN4O/c1-2-18(16-6-8-17(21)9-7-16)23-15-20(26)25-13-11-24(12-14-25)19-5-3-4-10-22-19/h3-10,18,23H,2,11-15H2,1H3/t18-/m0/s1. The number of piperazine rings is 1. The Kier molecular flexibility index (Phi) is 6.63. The summed E-state index contributed by atoms with van der Waals surface area (Å²) in [6.45, 7) is 5.64. The van der Waals surface area contributed by atoms with Crippen molar-refractivity contribution in [1.29, 1.82) is 0 Å². The van der Waals surface area contributed by atoms with Crippen LogP contribution in [0, 0.1) is 0 Å². The van der Waals surface area contributed by atoms with Crippen LogP contribution < -0.4 is 10.2 Å². The molecule has 0 spiro atoms. The van der Waals surface area contributed by atoms with E-state index in [-0.39, 0.29) is 11.9 Å². The molecule has 0 saturated carbocycles. The van der Waals surface area contributed by atoms with E-state index in [0.717, 1.165) is 42.9 Å². The van der Waals surface area contributed by atoms with Gasteiger partial charge in [0.15, 0.2) is 0 Å². The summed E-state index contributed by atoms with van der Waals surface area (Å²) in [5.74, 6) is 1.15. The van der Waals surface area contributed by atoms with Gasteiger partial charge >= 0.3 is 0 Å². The third-order valence-electron chi connectivity index (χ3n) is 4.79. The molecule has 1 aromatic carbocycles. The first-order valence-corrected chi connectivity index (χ1v) is 9.89. The van der Waals surface area contributed by atoms with Crippen LogP contribution in [0.3, 0.4) is 0 Å². The average molecular weight is 417 g/mol. The van der Waals surface area contributed by atoms with E-state index < -0.39 is 0 Å². The smallest absolute Gasteiger partial charge is 0.236 e. The van der Waals surface area contributed by atoms with Crippen LogP contribution >= 0.6 is 15.9 Å². The fourth-order valence-electron chi connectivity index (χ4n) is 3.24. The van der Waals surface area contributed by atoms with Crippen LogP contribution in [0.15, 0.2) is 53.1 Å². The van der Waals surface area contributed by atoms with Crippen molar-refractivity contribution in [2.45, 2.75) is 19.4 Å². The molecule has 2 heterocycles. The second-order valence-electron chi connectivity index (χ2n) is 6.45. The minimum absolute atomic E-state index is 0.168. The molecule has 6 heteroatoms. The lowest BCUT2D eigenvalue weighted by Crippen LogP contribution is -2.51. The third kappa shape index (κ3) is 4.83. The number of anilines is 1. The number of hydrogen-bond acceptors (Lipinski definition) is 4. The fourth-order valence-corrected chi connectivity index (χ4v) is 3.51. The van der Waals surface area contributed by atoms with E-state index in [9.17, 15) is 4.79 Å². The number of pyridine rings is 1. The van der Waals surface area contributed by atoms with E-state index in [2.05, 4.69) is 50.2 Å². The van der Waals surface area contributed by atoms with Gasteiger partial charge in [0, 0.05) is 42.9 Å². The van der Waals surface area contributed by atoms with Gasteiger partial charge in [-0.15, -0.1) is 0 Å². The maximum atomic E-state index is 12.6. The molecule has 5 nitrogen and oxygen atoms in total. The molecule has 1 N–H and O–H groups in total. The van der Waals surface area contributed by atoms with Gasteiger partial charge in [0.1, 0.15) is 5.82 Å². The number of rotatable bonds is 6. The highest BCUT2D eigenvalue weighted by Gasteiger charge is 2.22. The van der Waals surface area contributed by atoms with Crippen molar-refractivity contribution in [3.63, 3.8) is 0 Å². The maximum absolute atomic E-state index is 12.6. The molecule has 0 aliphatic carbocycles. The van der Waals surface area contributed by atoms with Gasteiger partial charge in [0.2, 0.25) is 5.91 Å². The lowest BCUT2D eigenvalue weighted by Gasteiger charge is -2.35. The summed E-state index contributed by atoms with van der Waals surface area (Å²) in [6, 6.07) is 14.4. The van der Waals surface area contributed by atoms with Crippen LogP contribution in [0.4, 0.5) is 5.82 Å². The van der Waals surface area contributed by atoms with Gasteiger partial charge in [-0.05, 0) is 36.2 Å². The van der Waals surface area contributed by atoms with E-state index in [1.807, 2.05) is 41.4 Å². The molecule has 1 aliphatic heterocycles. The molecular formula is C20H25BrN4O. The van der Waals surface area contributed by atoms with E-state index in [1.165, 1.54) is 5.56 Å². The minimum Gasteiger partial charge on any atom is -0.353 e. The van der Waals surface area contributed by atoms with E-state index in [0.29, 0.717) is 6.54 Å². The van der Waals surface area contributed by atoms with Gasteiger partial charge in [-0.1, -0.05) is 41.1 Å². The van der Waals surface area contributed by atoms with Crippen LogP contribution in [0.1, 0.15) is 24.9 Å². The van der Waals surface area contributed by atoms with Gasteiger partial charge in [-0.3, -0.25) is 4.79 Å². The van der Waals surface area contributed by atoms with Gasteiger partial charge in [0.25, 0.3) is 0 Å². The number of hydrogen-bond donors (Lipinski definition) is 1. The predicted molar refractivity (Wildman–Crippen MR) is 108 cm³/mol. The van der Waals surface area contributed by atoms with Crippen molar-refractivity contribution < 1.29 is 4.79 Å². The molecule has 1 aliphatic rings. The molecule has 0 unspecified atom stereocenters. The number of aromatic nitrogens is 1. The molecule has 2 aromatic rings. The van der Waals surface area contributed by atoms with Crippen molar-refractivity contribution in [3.8, 4) is 0 Å². The lowest BCUT2D eigenvalue weighted by molar-refractivity contribution is -0.130. The Morgan fingerprint density at radius 2 is 1.88 bits per heavy atom. The van der Waals surface area contributed by atoms with Crippen LogP contribution in [-0.4, -0.2) is 48.5 Å². The number of carbonyl (C=O) groups is 1. The predicted octanol–water partition coefficient (Wildman–Crippen LogP) is 3.23. The van der Waals surface area contributed by atoms with Crippen molar-refractivity contribution >= 4 is 27.7 Å². The van der Waals surface area contributed by atoms with Gasteiger partial charge in [-0.2, -0.15) is 0 Å². The normalized spacial score (nSPS) is 15.8. The first-order chi connectivity index (χ1) is 12.7. The SMILES string of the molecule is CC[C@H](NCC(=O)N1CCN(c2ccccn2)CC1)c1ccc(Br)cc1. The first kappa shape index (κ1) is 18.9. The molecule has 1 atom stereocenters. The van der Waals surface area contributed by atoms with Crippen molar-refractivity contribution in [1.82, 2.24) is 15.2 Å². The summed E-state index contributed by atoms with van der Waals surface area (Å²) in [5, 5.41) is 3.41. The Morgan fingerprint density at radius 3 is 2.50 bits per heavy atom. The van der Waals surface area contributed by atoms with Gasteiger partial charge in [0.05, 0.1) is 6.54 Å². The first-order valence-electron chi connectivity index (χ1n) is 9.10. The topological polar surface area (TPSA) is 48.5 Å². The summed E-state index contributed by atoms with van der Waals surface area (Å²) in [5.41, 5.74) is 1.21. The quantitative estimate of drug-likeness (QED) is 0.784. The molecule has 0 radical (unpaired) electrons. The van der Waals surface area contributed by atoms with E-state index >= 15 is 0 Å². The number of amides is 1. The van der Waals surface area contributed by atoms with Crippen LogP contribution in [0.2, 0.25) is 0 Å². The molecule has 1 fully saturated rings. The van der Waals surface area contributed by atoms with Crippen LogP contribution in [-0.2, 0) is 4.79 Å². The third-order valence-corrected chi connectivity index (χ3v) is 5.31. The van der Waals surface area contributed by atoms with Crippen molar-refractivity contribution in [3.05, 3.63) is 58.7 Å². The molecule has 138 valence electrons. The molecule has 1 saturated heterocycles. The molecular weight excluding hydrogens is 392 g/mol. The largest absolute Gasteiger partial charge is 0.353 e. The molecule has 0 bridgehead atoms. The molecule has 1 aromatic heterocycles. The van der Waals surface area contributed by atoms with Gasteiger partial charge < -0.3 is 15.1 Å². The highest BCUT2D eigenvalue weighted by atomic mass is 79.9. The van der Waals surface area contributed by atoms with E-state index in [4.69, 9.17) is 0 Å². The number of halogens is 1. The Morgan fingerprint density at radius 1 is 1.15 bits per heavy atom. The Balaban J connectivity index is 1.48. The van der Waals surface area contributed by atoms with Crippen LogP contribution in [0.5, 0.6) is 0 Å². The van der Waals surface area contributed by atoms with Crippen molar-refractivity contribution in [2.75, 3.05) is 37.6 Å². The average Bonchev–Trinajstić information content (AvgIpc) is 2.70. The lowest BCUT2D eigenvalue weighted by atomic mass is 10.0. The number of carbonyl (C=O) groups excluding carboxylic acids is 1. The number of benzene rings is 1. The molecule has 3 rings (SSSR count). The number of nitrogens with zero attached hydrogens (tertiary/aromatic N) is 3. The second kappa shape index (κ2) is 9.14. The molecule has 1 amide bonds. The van der Waals surface area contributed by atoms with Crippen LogP contribution in [0.25, 0.3) is 0 Å². The minimum atomic E-state index is 0.168. The fraction of sp³-hybridized carbons (Fsp3) is 0.400. The summed E-state index contributed by atoms with van der Waals surface area (Å²) < 4.78 is 1.07. The highest BCUT2D eigenvalue weighted by Crippen LogP contribution is 2.19. The Labute approximate surface area is 163 Å². The van der Waals surface area contributed by atoms with Gasteiger partial charge in [-0.25, -0.2) is 4.98 Å². The van der Waals surface area contributed by atoms with Crippen molar-refractivity contribution in [2.24, 2.45) is 0 Å². The summed E-state index contributed by atoms with van der Waals surface area (Å²) in [6.07, 6.45) is 2.76. The summed E-state index contributed by atoms with van der Waals surface area (Å²) in [4.78, 5) is 21.1. The van der Waals surface area contributed by atoms with E-state index in [1.54, 1.807) is 0 Å². The Hall–Kier alpha value is -1.92. The second-order valence-corrected chi connectivity index (χ2v) is 7.36. The zero-order valence-corrected chi connectivity index (χ0v) is 16.7. The number of nitrogens with one attached hydrogen (secondary N) is 1. The summed E-state index contributed by atoms with van der Waals surface area (Å²) >= 11 is 3.46. The maximum Gasteiger partial charge on any atom is 0.236 e. The zero-order chi connectivity index (χ0) is 18.4.